The van der Waals surface area contributed by atoms with Crippen molar-refractivity contribution < 1.29 is 14.8 Å². The van der Waals surface area contributed by atoms with Gasteiger partial charge < -0.3 is 14.8 Å². The lowest BCUT2D eigenvalue weighted by atomic mass is 9.81. The van der Waals surface area contributed by atoms with Gasteiger partial charge in [-0.3, -0.25) is 0 Å². The molecular weight excluding hydrogens is 2450 g/mol. The van der Waals surface area contributed by atoms with E-state index in [1.165, 1.54) is 30.6 Å². The van der Waals surface area contributed by atoms with E-state index in [1.807, 2.05) is 221 Å². The minimum Gasteiger partial charge on any atom is -0.423 e. The summed E-state index contributed by atoms with van der Waals surface area (Å²) in [5, 5.41) is 22.9. The summed E-state index contributed by atoms with van der Waals surface area (Å²) in [7, 11) is 51.4. The first-order valence-electron chi connectivity index (χ1n) is 35.3. The molecule has 6 aromatic heterocycles. The van der Waals surface area contributed by atoms with Crippen LogP contribution in [-0.4, -0.2) is 60.3 Å². The van der Waals surface area contributed by atoms with Crippen LogP contribution in [-0.2, 0) is 294 Å². The molecular formula is C77H59BBr2N6O3S38. The minimum atomic E-state index is -1.34. The van der Waals surface area contributed by atoms with Gasteiger partial charge in [0.05, 0.1) is 27.1 Å². The second-order valence-electron chi connectivity index (χ2n) is 23.1. The monoisotopic (exact) mass is 2500 g/mol. The van der Waals surface area contributed by atoms with E-state index in [9.17, 15) is 0 Å². The van der Waals surface area contributed by atoms with Crippen molar-refractivity contribution in [1.29, 1.82) is 0 Å². The van der Waals surface area contributed by atoms with Crippen molar-refractivity contribution in [2.45, 2.75) is 20.3 Å². The van der Waals surface area contributed by atoms with E-state index in [0.29, 0.717) is 5.46 Å². The largest absolute Gasteiger partial charge is 0.488 e. The topological polar surface area (TPSA) is 127 Å². The van der Waals surface area contributed by atoms with Crippen LogP contribution < -0.4 is 5.46 Å². The molecule has 1 fully saturated rings. The molecule has 0 radical (unpaired) electrons. The number of rotatable bonds is 13. The van der Waals surface area contributed by atoms with E-state index in [-0.39, 0.29) is 7.43 Å². The first-order chi connectivity index (χ1) is 62.2. The second kappa shape index (κ2) is 62.5. The van der Waals surface area contributed by atoms with Crippen LogP contribution in [0.1, 0.15) is 20.3 Å². The molecule has 0 saturated carbocycles. The Bertz CT molecular complexity index is 7340. The van der Waals surface area contributed by atoms with Crippen molar-refractivity contribution in [1.82, 2.24) is 29.9 Å². The first-order valence-corrected chi connectivity index (χ1v) is 83.1. The van der Waals surface area contributed by atoms with Crippen molar-refractivity contribution in [2.24, 2.45) is 0 Å². The van der Waals surface area contributed by atoms with E-state index in [2.05, 4.69) is 202 Å². The fourth-order valence-electron chi connectivity index (χ4n) is 10.4. The molecule has 660 valence electrons. The highest BCUT2D eigenvalue weighted by molar-refractivity contribution is 9.11. The van der Waals surface area contributed by atoms with Gasteiger partial charge in [0, 0.05) is 335 Å². The summed E-state index contributed by atoms with van der Waals surface area (Å²) < 4.78 is 6.88. The lowest BCUT2D eigenvalue weighted by Crippen LogP contribution is -2.29. The lowest BCUT2D eigenvalue weighted by molar-refractivity contribution is 0.198. The third-order valence-corrected chi connectivity index (χ3v) is 88.0. The molecule has 0 bridgehead atoms. The average molecular weight is 2510 g/mol. The Labute approximate surface area is 873 Å². The molecule has 0 atom stereocenters. The molecule has 7 heterocycles. The van der Waals surface area contributed by atoms with Gasteiger partial charge >= 0.3 is 7.12 Å². The maximum Gasteiger partial charge on any atom is 0.488 e. The molecule has 1 saturated heterocycles. The number of nitrogens with zero attached hydrogens (tertiary/aromatic N) is 6. The van der Waals surface area contributed by atoms with Gasteiger partial charge in [0.25, 0.3) is 0 Å². The Kier molecular flexibility index (Phi) is 52.3. The third-order valence-electron chi connectivity index (χ3n) is 15.5. The van der Waals surface area contributed by atoms with Crippen molar-refractivity contribution in [2.75, 3.05) is 13.2 Å². The molecule has 50 heteroatoms. The summed E-state index contributed by atoms with van der Waals surface area (Å²) in [6.07, 6.45) is 2.56. The number of ether oxygens (including phenoxy) is 1. The first kappa shape index (κ1) is 106. The molecule has 9 nitrogen and oxygen atoms in total. The predicted molar refractivity (Wildman–Crippen MR) is 646 cm³/mol. The molecule has 0 aliphatic carbocycles. The molecule has 2 N–H and O–H groups in total. The van der Waals surface area contributed by atoms with Crippen LogP contribution in [0, 0.1) is 0 Å². The average Bonchev–Trinajstić information content (AvgIpc) is 1.60. The lowest BCUT2D eigenvalue weighted by Gasteiger charge is -2.04. The molecule has 127 heavy (non-hydrogen) atoms. The van der Waals surface area contributed by atoms with Gasteiger partial charge in [0.1, 0.15) is 64.2 Å². The number of aromatic nitrogens is 6. The Morgan fingerprint density at radius 3 is 0.701 bits per heavy atom. The van der Waals surface area contributed by atoms with Crippen molar-refractivity contribution in [3.05, 3.63) is 281 Å². The van der Waals surface area contributed by atoms with Crippen molar-refractivity contribution in [3.8, 4) is 128 Å². The van der Waals surface area contributed by atoms with Gasteiger partial charge in [0.2, 0.25) is 0 Å². The van der Waals surface area contributed by atoms with E-state index >= 15 is 0 Å². The predicted octanol–water partition coefficient (Wildman–Crippen LogP) is 22.4. The zero-order chi connectivity index (χ0) is 87.2. The molecule has 9 aromatic carbocycles. The van der Waals surface area contributed by atoms with E-state index < -0.39 is 7.12 Å². The molecule has 0 spiro atoms. The summed E-state index contributed by atoms with van der Waals surface area (Å²) in [6.45, 7) is 2.00. The number of thiazole rings is 6. The Balaban J connectivity index is 0.000000173. The van der Waals surface area contributed by atoms with Gasteiger partial charge in [0.15, 0.2) is 0 Å². The summed E-state index contributed by atoms with van der Waals surface area (Å²) in [5.41, 5.74) is 14.6. The highest BCUT2D eigenvalue weighted by atomic mass is 79.9. The van der Waals surface area contributed by atoms with Gasteiger partial charge in [-0.25, -0.2) is 29.9 Å². The van der Waals surface area contributed by atoms with Gasteiger partial charge in [-0.1, -0.05) is 280 Å². The second-order valence-corrected chi connectivity index (χ2v) is 84.8. The summed E-state index contributed by atoms with van der Waals surface area (Å²) in [4.78, 5) is 35.4. The third kappa shape index (κ3) is 35.9. The molecule has 15 aromatic rings. The Hall–Kier alpha value is -1.30. The maximum absolute atomic E-state index is 8.58. The standard InChI is InChI=1S/C39H25N3S3.C27H15Br2N3S3.C6H7BO2.C4H8O.CH4.S32/c1-6-16-26(17-7-1)34-31(40-37(43-34)28-20-10-3-11-21-28)32-36(45-38(41-32)29-22-12-4-13-23-29)33-35(27-18-8-2-9-19-27)44-39(42-33)30-24-14-5-15-25-30;28-23-20(31-26(34-23)17-12-6-2-7-13-17)19-22(33-25(30-19)16-10-4-1-5-11-16)21-24(29)35-27(32-21)18-14-8-3-9-15-18;8-7(9)6-4-2-1-3-5-6;1-2-4-5-3-1;;1-3-5-7-9-11-13-15-17-19-21-23-25-27-29-31-32-30-28-26-24-22-20-18-16-14-12-10-8-6-4-2/h1-25H;1-15H;1-5,8-9H;1-4H2;1H4;. The zero-order valence-electron chi connectivity index (χ0n) is 63.1. The van der Waals surface area contributed by atoms with Crippen molar-refractivity contribution in [3.63, 3.8) is 0 Å². The Morgan fingerprint density at radius 2 is 0.441 bits per heavy atom. The van der Waals surface area contributed by atoms with Crippen LogP contribution in [0.3, 0.4) is 0 Å². The fourth-order valence-corrected chi connectivity index (χ4v) is 94.9. The van der Waals surface area contributed by atoms with Crippen LogP contribution in [0.15, 0.2) is 281 Å². The normalized spacial score (nSPS) is 10.5. The van der Waals surface area contributed by atoms with E-state index in [0.717, 1.165) is 149 Å². The van der Waals surface area contributed by atoms with Gasteiger partial charge in [-0.15, -0.1) is 68.0 Å². The van der Waals surface area contributed by atoms with E-state index in [4.69, 9.17) is 67.1 Å². The number of hydrogen-bond acceptors (Lipinski definition) is 17. The van der Waals surface area contributed by atoms with Crippen LogP contribution in [0.2, 0.25) is 0 Å². The molecule has 0 unspecified atom stereocenters. The summed E-state index contributed by atoms with van der Waals surface area (Å²) >= 11 is 27.2. The van der Waals surface area contributed by atoms with Gasteiger partial charge in [-0.05, 0) is 61.3 Å². The Morgan fingerprint density at radius 1 is 0.244 bits per heavy atom. The SMILES string of the molecule is Brc1sc(-c2ccccc2)nc1-c1nc(-c2ccccc2)sc1-c1nc(-c2ccccc2)sc1Br.C.C1CCOC1.OB(O)c1ccccc1.S=S=S=S=S=S=S=S=S=S=S=S=S=S=S=S=S=S=S=S=S=S=S=S=S=S=S=S=S=S=S=S.c1ccc(-c2nc(-c3nc(-c4ccccc4)sc3-c3nc(-c4ccccc4)sc3-c3ccccc3)c(-c3ccccc3)s2)cc1. The minimum absolute atomic E-state index is 0. The van der Waals surface area contributed by atoms with Crippen molar-refractivity contribution >= 4 is 401 Å². The maximum atomic E-state index is 8.58. The van der Waals surface area contributed by atoms with Gasteiger partial charge in [-0.2, -0.15) is 0 Å². The van der Waals surface area contributed by atoms with Crippen LogP contribution in [0.4, 0.5) is 0 Å². The number of halogens is 2. The summed E-state index contributed by atoms with van der Waals surface area (Å²) in [6, 6.07) is 91.7. The fraction of sp³-hybridized carbons (Fsp3) is 0.0649. The highest BCUT2D eigenvalue weighted by Crippen LogP contribution is 2.52. The van der Waals surface area contributed by atoms with E-state index in [1.54, 1.807) is 199 Å². The molecule has 0 amide bonds. The number of hydrogen-bond donors (Lipinski definition) is 2. The molecule has 16 rings (SSSR count). The van der Waals surface area contributed by atoms with Crippen LogP contribution >= 0.6 is 99.9 Å². The molecule has 1 aliphatic rings. The molecule has 1 aliphatic heterocycles. The zero-order valence-corrected chi connectivity index (χ0v) is 97.3. The number of benzene rings is 9. The summed E-state index contributed by atoms with van der Waals surface area (Å²) in [5.74, 6) is 0. The van der Waals surface area contributed by atoms with Crippen LogP contribution in [0.25, 0.3) is 128 Å². The quantitative estimate of drug-likeness (QED) is 0.107. The highest BCUT2D eigenvalue weighted by Gasteiger charge is 2.29. The smallest absolute Gasteiger partial charge is 0.423 e. The van der Waals surface area contributed by atoms with Crippen LogP contribution in [0.5, 0.6) is 0 Å².